The Morgan fingerprint density at radius 3 is 2.86 bits per heavy atom. The largest absolute Gasteiger partial charge is 0.491 e. The van der Waals surface area contributed by atoms with Crippen LogP contribution in [0.25, 0.3) is 5.70 Å². The molecule has 0 amide bonds. The van der Waals surface area contributed by atoms with Gasteiger partial charge >= 0.3 is 0 Å². The number of aliphatic imine (C=N–C) groups is 1. The molecule has 0 spiro atoms. The van der Waals surface area contributed by atoms with Crippen molar-refractivity contribution in [2.45, 2.75) is 13.5 Å². The molecule has 29 heavy (non-hydrogen) atoms. The molecule has 2 aromatic rings. The monoisotopic (exact) mass is 395 g/mol. The van der Waals surface area contributed by atoms with Crippen LogP contribution in [0.3, 0.4) is 0 Å². The summed E-state index contributed by atoms with van der Waals surface area (Å²) in [6.07, 6.45) is 7.22. The standard InChI is InChI=1S/C20H25N7O2/c1-14-15(5-4-6-18(14)29-8-7-28-3)11-27-17-12-26(21)13-22-20(17)19(24-27)16-9-23-25(2)10-16/h4-6,9-10,12-13,24H,7-8,11,21H2,1-3H3. The summed E-state index contributed by atoms with van der Waals surface area (Å²) < 4.78 is 12.7. The van der Waals surface area contributed by atoms with E-state index in [-0.39, 0.29) is 0 Å². The lowest BCUT2D eigenvalue weighted by Crippen LogP contribution is -2.33. The van der Waals surface area contributed by atoms with Crippen molar-refractivity contribution in [2.24, 2.45) is 17.9 Å². The summed E-state index contributed by atoms with van der Waals surface area (Å²) in [5.41, 5.74) is 9.30. The summed E-state index contributed by atoms with van der Waals surface area (Å²) >= 11 is 0. The van der Waals surface area contributed by atoms with Crippen molar-refractivity contribution < 1.29 is 9.47 Å². The number of nitrogens with zero attached hydrogens (tertiary/aromatic N) is 5. The molecule has 0 saturated carbocycles. The van der Waals surface area contributed by atoms with Crippen molar-refractivity contribution in [3.8, 4) is 5.75 Å². The summed E-state index contributed by atoms with van der Waals surface area (Å²) in [6.45, 7) is 3.75. The smallest absolute Gasteiger partial charge is 0.122 e. The normalized spacial score (nSPS) is 15.5. The highest BCUT2D eigenvalue weighted by molar-refractivity contribution is 5.77. The first-order valence-electron chi connectivity index (χ1n) is 9.34. The Bertz CT molecular complexity index is 992. The number of hydrogen-bond acceptors (Lipinski definition) is 8. The number of fused-ring (bicyclic) bond motifs is 1. The van der Waals surface area contributed by atoms with Crippen LogP contribution in [0.1, 0.15) is 16.7 Å². The Morgan fingerprint density at radius 2 is 2.10 bits per heavy atom. The zero-order valence-corrected chi connectivity index (χ0v) is 16.8. The molecule has 9 heteroatoms. The molecule has 152 valence electrons. The highest BCUT2D eigenvalue weighted by atomic mass is 16.5. The third-order valence-electron chi connectivity index (χ3n) is 4.87. The second-order valence-electron chi connectivity index (χ2n) is 6.91. The first-order chi connectivity index (χ1) is 14.1. The maximum atomic E-state index is 5.94. The van der Waals surface area contributed by atoms with Gasteiger partial charge in [0.15, 0.2) is 0 Å². The van der Waals surface area contributed by atoms with Crippen LogP contribution in [-0.4, -0.2) is 46.5 Å². The molecule has 0 aliphatic carbocycles. The van der Waals surface area contributed by atoms with Gasteiger partial charge in [-0.2, -0.15) is 5.10 Å². The van der Waals surface area contributed by atoms with Crippen molar-refractivity contribution in [3.05, 3.63) is 64.9 Å². The van der Waals surface area contributed by atoms with E-state index in [0.29, 0.717) is 19.8 Å². The van der Waals surface area contributed by atoms with Crippen molar-refractivity contribution >= 4 is 12.0 Å². The topological polar surface area (TPSA) is 93.2 Å². The van der Waals surface area contributed by atoms with Crippen molar-refractivity contribution in [1.82, 2.24) is 25.2 Å². The molecular weight excluding hydrogens is 370 g/mol. The maximum absolute atomic E-state index is 5.94. The highest BCUT2D eigenvalue weighted by Crippen LogP contribution is 2.34. The number of nitrogens with two attached hydrogens (primary N) is 1. The molecule has 2 aliphatic rings. The van der Waals surface area contributed by atoms with Crippen LogP contribution in [0.5, 0.6) is 5.75 Å². The zero-order valence-electron chi connectivity index (χ0n) is 16.8. The van der Waals surface area contributed by atoms with Gasteiger partial charge in [0.1, 0.15) is 30.1 Å². The fraction of sp³-hybridized carbons (Fsp3) is 0.300. The minimum atomic E-state index is 0.515. The van der Waals surface area contributed by atoms with Gasteiger partial charge in [-0.15, -0.1) is 0 Å². The van der Waals surface area contributed by atoms with Crippen LogP contribution in [0.2, 0.25) is 0 Å². The van der Waals surface area contributed by atoms with E-state index in [2.05, 4.69) is 28.5 Å². The molecule has 0 atom stereocenters. The number of benzene rings is 1. The molecule has 0 fully saturated rings. The van der Waals surface area contributed by atoms with Gasteiger partial charge in [0.2, 0.25) is 0 Å². The lowest BCUT2D eigenvalue weighted by Gasteiger charge is -2.25. The number of aryl methyl sites for hydroxylation is 1. The SMILES string of the molecule is COCCOc1cccc(CN2NC(c3cnn(C)c3)=C3N=CN(N)C=C32)c1C. The van der Waals surface area contributed by atoms with E-state index in [9.17, 15) is 0 Å². The van der Waals surface area contributed by atoms with Crippen molar-refractivity contribution in [3.63, 3.8) is 0 Å². The summed E-state index contributed by atoms with van der Waals surface area (Å²) in [7, 11) is 3.56. The fourth-order valence-electron chi connectivity index (χ4n) is 3.33. The molecule has 1 aromatic heterocycles. The predicted octanol–water partition coefficient (Wildman–Crippen LogP) is 1.50. The minimum Gasteiger partial charge on any atom is -0.491 e. The van der Waals surface area contributed by atoms with E-state index >= 15 is 0 Å². The van der Waals surface area contributed by atoms with Gasteiger partial charge < -0.3 is 9.47 Å². The summed E-state index contributed by atoms with van der Waals surface area (Å²) in [4.78, 5) is 4.53. The summed E-state index contributed by atoms with van der Waals surface area (Å²) in [5.74, 6) is 6.80. The van der Waals surface area contributed by atoms with Gasteiger partial charge in [0.05, 0.1) is 25.0 Å². The quantitative estimate of drug-likeness (QED) is 0.542. The number of aromatic nitrogens is 2. The number of methoxy groups -OCH3 is 1. The van der Waals surface area contributed by atoms with Gasteiger partial charge in [-0.1, -0.05) is 12.1 Å². The van der Waals surface area contributed by atoms with Crippen molar-refractivity contribution in [1.29, 1.82) is 0 Å². The number of hydrazine groups is 2. The molecule has 3 heterocycles. The molecule has 4 rings (SSSR count). The van der Waals surface area contributed by atoms with E-state index in [1.54, 1.807) is 18.1 Å². The molecule has 0 unspecified atom stereocenters. The van der Waals surface area contributed by atoms with Crippen LogP contribution < -0.4 is 16.0 Å². The van der Waals surface area contributed by atoms with E-state index < -0.39 is 0 Å². The lowest BCUT2D eigenvalue weighted by atomic mass is 10.1. The molecule has 3 N–H and O–H groups in total. The average Bonchev–Trinajstić information content (AvgIpc) is 3.28. The molecule has 1 aromatic carbocycles. The third kappa shape index (κ3) is 3.82. The van der Waals surface area contributed by atoms with Gasteiger partial charge in [-0.3, -0.25) is 20.1 Å². The van der Waals surface area contributed by atoms with Crippen LogP contribution in [0.4, 0.5) is 0 Å². The van der Waals surface area contributed by atoms with E-state index in [4.69, 9.17) is 15.3 Å². The van der Waals surface area contributed by atoms with E-state index in [0.717, 1.165) is 39.5 Å². The Kier molecular flexibility index (Phi) is 5.24. The van der Waals surface area contributed by atoms with E-state index in [1.807, 2.05) is 42.8 Å². The Morgan fingerprint density at radius 1 is 1.24 bits per heavy atom. The Balaban J connectivity index is 1.60. The van der Waals surface area contributed by atoms with Gasteiger partial charge in [0, 0.05) is 32.1 Å². The van der Waals surface area contributed by atoms with Gasteiger partial charge in [-0.25, -0.2) is 10.8 Å². The lowest BCUT2D eigenvalue weighted by molar-refractivity contribution is 0.146. The highest BCUT2D eigenvalue weighted by Gasteiger charge is 2.30. The number of nitrogens with one attached hydrogen (secondary N) is 1. The molecule has 0 radical (unpaired) electrons. The maximum Gasteiger partial charge on any atom is 0.122 e. The van der Waals surface area contributed by atoms with Crippen LogP contribution in [0, 0.1) is 6.92 Å². The Labute approximate surface area is 169 Å². The summed E-state index contributed by atoms with van der Waals surface area (Å²) in [5, 5.41) is 7.77. The predicted molar refractivity (Wildman–Crippen MR) is 110 cm³/mol. The first kappa shape index (κ1) is 19.0. The van der Waals surface area contributed by atoms with Crippen LogP contribution in [-0.2, 0) is 18.3 Å². The number of ether oxygens (including phenoxy) is 2. The second-order valence-corrected chi connectivity index (χ2v) is 6.91. The third-order valence-corrected chi connectivity index (χ3v) is 4.87. The molecular formula is C20H25N7O2. The fourth-order valence-corrected chi connectivity index (χ4v) is 3.33. The number of rotatable bonds is 7. The van der Waals surface area contributed by atoms with Crippen LogP contribution >= 0.6 is 0 Å². The zero-order chi connectivity index (χ0) is 20.4. The summed E-state index contributed by atoms with van der Waals surface area (Å²) in [6, 6.07) is 6.07. The van der Waals surface area contributed by atoms with Crippen LogP contribution in [0.15, 0.2) is 53.2 Å². The first-order valence-corrected chi connectivity index (χ1v) is 9.34. The van der Waals surface area contributed by atoms with Gasteiger partial charge in [-0.05, 0) is 24.1 Å². The van der Waals surface area contributed by atoms with Gasteiger partial charge in [0.25, 0.3) is 0 Å². The molecule has 2 aliphatic heterocycles. The molecule has 0 saturated heterocycles. The minimum absolute atomic E-state index is 0.515. The number of hydrogen-bond donors (Lipinski definition) is 2. The van der Waals surface area contributed by atoms with E-state index in [1.165, 1.54) is 5.01 Å². The average molecular weight is 395 g/mol. The molecule has 0 bridgehead atoms. The molecule has 9 nitrogen and oxygen atoms in total. The van der Waals surface area contributed by atoms with Crippen molar-refractivity contribution in [2.75, 3.05) is 20.3 Å². The second kappa shape index (κ2) is 7.98. The Hall–Kier alpha value is -3.30.